The van der Waals surface area contributed by atoms with Crippen molar-refractivity contribution < 1.29 is 23.8 Å². The van der Waals surface area contributed by atoms with E-state index in [0.29, 0.717) is 23.6 Å². The van der Waals surface area contributed by atoms with Gasteiger partial charge in [-0.2, -0.15) is 0 Å². The zero-order chi connectivity index (χ0) is 37.4. The van der Waals surface area contributed by atoms with Gasteiger partial charge < -0.3 is 14.2 Å². The molecule has 3 aromatic rings. The van der Waals surface area contributed by atoms with Crippen molar-refractivity contribution in [3.8, 4) is 17.2 Å². The maximum atomic E-state index is 13.8. The molecule has 0 bridgehead atoms. The van der Waals surface area contributed by atoms with Crippen LogP contribution in [0.25, 0.3) is 0 Å². The highest BCUT2D eigenvalue weighted by atomic mass is 16.6. The largest absolute Gasteiger partial charge is 0.494 e. The zero-order valence-electron chi connectivity index (χ0n) is 33.1. The van der Waals surface area contributed by atoms with Gasteiger partial charge in [-0.15, -0.1) is 0 Å². The van der Waals surface area contributed by atoms with Crippen molar-refractivity contribution in [2.24, 2.45) is 0 Å². The first kappa shape index (κ1) is 42.6. The van der Waals surface area contributed by atoms with Crippen molar-refractivity contribution in [2.75, 3.05) is 18.1 Å². The molecule has 0 atom stereocenters. The van der Waals surface area contributed by atoms with Gasteiger partial charge >= 0.3 is 5.97 Å². The lowest BCUT2D eigenvalue weighted by atomic mass is 10.0. The number of nitrogens with zero attached hydrogens (tertiary/aromatic N) is 1. The van der Waals surface area contributed by atoms with E-state index in [1.807, 2.05) is 94.4 Å². The van der Waals surface area contributed by atoms with E-state index < -0.39 is 11.6 Å². The Morgan fingerprint density at radius 2 is 1.15 bits per heavy atom. The van der Waals surface area contributed by atoms with Gasteiger partial charge in [0.05, 0.1) is 12.3 Å². The van der Waals surface area contributed by atoms with E-state index in [4.69, 9.17) is 14.2 Å². The molecule has 0 fully saturated rings. The van der Waals surface area contributed by atoms with Crippen LogP contribution in [0.4, 0.5) is 5.69 Å². The maximum Gasteiger partial charge on any atom is 0.326 e. The van der Waals surface area contributed by atoms with Crippen LogP contribution < -0.4 is 14.4 Å². The van der Waals surface area contributed by atoms with E-state index in [1.54, 1.807) is 6.07 Å². The summed E-state index contributed by atoms with van der Waals surface area (Å²) in [5.74, 6) is 1.38. The number of aryl methyl sites for hydroxylation is 2. The van der Waals surface area contributed by atoms with Crippen molar-refractivity contribution in [1.29, 1.82) is 0 Å². The highest BCUT2D eigenvalue weighted by Crippen LogP contribution is 2.34. The number of carbonyl (C=O) groups is 2. The lowest BCUT2D eigenvalue weighted by Crippen LogP contribution is -2.39. The van der Waals surface area contributed by atoms with Crippen molar-refractivity contribution in [3.63, 3.8) is 0 Å². The molecule has 0 radical (unpaired) electrons. The average Bonchev–Trinajstić information content (AvgIpc) is 3.12. The second-order valence-corrected chi connectivity index (χ2v) is 15.2. The minimum Gasteiger partial charge on any atom is -0.494 e. The third-order valence-corrected chi connectivity index (χ3v) is 9.30. The molecule has 0 aliphatic carbocycles. The molecule has 0 N–H and O–H groups in total. The number of para-hydroxylation sites is 3. The number of anilines is 1. The molecule has 0 unspecified atom stereocenters. The quantitative estimate of drug-likeness (QED) is 0.0612. The Kier molecular flexibility index (Phi) is 20.0. The molecule has 6 nitrogen and oxygen atoms in total. The molecular weight excluding hydrogens is 647 g/mol. The molecule has 6 heteroatoms. The minimum atomic E-state index is -0.668. The summed E-state index contributed by atoms with van der Waals surface area (Å²) in [6.07, 6.45) is 22.4. The number of benzene rings is 3. The summed E-state index contributed by atoms with van der Waals surface area (Å²) in [4.78, 5) is 28.2. The standard InChI is InChI=1S/C46H67NO5/c1-6-7-8-9-10-11-12-13-14-15-16-17-18-19-20-25-36-50-40-33-30-39(31-34-40)32-35-44(48)47(37-45(49)52-46(3,4)5)41-27-22-24-29-43(41)51-42-28-23-21-26-38(42)2/h21-24,26-31,33-34H,6-20,25,32,35-37H2,1-5H3. The Labute approximate surface area is 315 Å². The summed E-state index contributed by atoms with van der Waals surface area (Å²) in [6.45, 7) is 10.2. The number of carbonyl (C=O) groups excluding carboxylic acids is 2. The molecule has 0 spiro atoms. The molecule has 0 aromatic heterocycles. The van der Waals surface area contributed by atoms with Gasteiger partial charge in [0, 0.05) is 6.42 Å². The Hall–Kier alpha value is -3.80. The second kappa shape index (κ2) is 24.4. The van der Waals surface area contributed by atoms with Crippen LogP contribution in [-0.4, -0.2) is 30.6 Å². The monoisotopic (exact) mass is 714 g/mol. The van der Waals surface area contributed by atoms with Gasteiger partial charge in [0.15, 0.2) is 5.75 Å². The van der Waals surface area contributed by atoms with E-state index in [9.17, 15) is 9.59 Å². The Bertz CT molecular complexity index is 1430. The first-order chi connectivity index (χ1) is 25.2. The minimum absolute atomic E-state index is 0.185. The first-order valence-electron chi connectivity index (χ1n) is 20.2. The van der Waals surface area contributed by atoms with Gasteiger partial charge in [-0.1, -0.05) is 146 Å². The van der Waals surface area contributed by atoms with Crippen molar-refractivity contribution in [3.05, 3.63) is 83.9 Å². The number of unbranched alkanes of at least 4 members (excludes halogenated alkanes) is 15. The molecule has 0 saturated heterocycles. The number of ether oxygens (including phenoxy) is 3. The Morgan fingerprint density at radius 1 is 0.635 bits per heavy atom. The van der Waals surface area contributed by atoms with Crippen LogP contribution in [-0.2, 0) is 20.7 Å². The van der Waals surface area contributed by atoms with Crippen LogP contribution in [0.15, 0.2) is 72.8 Å². The SMILES string of the molecule is CCCCCCCCCCCCCCCCCCOc1ccc(CCC(=O)N(CC(=O)OC(C)(C)C)c2ccccc2Oc2ccccc2C)cc1. The summed E-state index contributed by atoms with van der Waals surface area (Å²) in [5, 5.41) is 0. The fourth-order valence-electron chi connectivity index (χ4n) is 6.35. The third kappa shape index (κ3) is 17.6. The summed E-state index contributed by atoms with van der Waals surface area (Å²) in [6, 6.07) is 23.0. The number of hydrogen-bond acceptors (Lipinski definition) is 5. The molecular formula is C46H67NO5. The van der Waals surface area contributed by atoms with E-state index in [1.165, 1.54) is 101 Å². The highest BCUT2D eigenvalue weighted by molar-refractivity contribution is 5.99. The Balaban J connectivity index is 1.39. The van der Waals surface area contributed by atoms with Crippen molar-refractivity contribution in [1.82, 2.24) is 0 Å². The predicted octanol–water partition coefficient (Wildman–Crippen LogP) is 12.7. The van der Waals surface area contributed by atoms with E-state index in [0.717, 1.165) is 29.9 Å². The topological polar surface area (TPSA) is 65.1 Å². The number of rotatable bonds is 26. The number of esters is 1. The number of hydrogen-bond donors (Lipinski definition) is 0. The summed E-state index contributed by atoms with van der Waals surface area (Å²) >= 11 is 0. The third-order valence-electron chi connectivity index (χ3n) is 9.30. The average molecular weight is 714 g/mol. The molecule has 0 saturated carbocycles. The van der Waals surface area contributed by atoms with Gasteiger partial charge in [0.2, 0.25) is 5.91 Å². The van der Waals surface area contributed by atoms with Crippen LogP contribution >= 0.6 is 0 Å². The van der Waals surface area contributed by atoms with Crippen LogP contribution in [0.2, 0.25) is 0 Å². The fourth-order valence-corrected chi connectivity index (χ4v) is 6.35. The summed E-state index contributed by atoms with van der Waals surface area (Å²) in [5.41, 5.74) is 1.86. The predicted molar refractivity (Wildman–Crippen MR) is 216 cm³/mol. The lowest BCUT2D eigenvalue weighted by Gasteiger charge is -2.27. The molecule has 1 amide bonds. The smallest absolute Gasteiger partial charge is 0.326 e. The van der Waals surface area contributed by atoms with Gasteiger partial charge in [0.1, 0.15) is 23.6 Å². The normalized spacial score (nSPS) is 11.3. The molecule has 52 heavy (non-hydrogen) atoms. The zero-order valence-corrected chi connectivity index (χ0v) is 33.1. The van der Waals surface area contributed by atoms with Gasteiger partial charge in [-0.3, -0.25) is 14.5 Å². The maximum absolute atomic E-state index is 13.8. The van der Waals surface area contributed by atoms with Crippen LogP contribution in [0.3, 0.4) is 0 Å². The van der Waals surface area contributed by atoms with E-state index in [2.05, 4.69) is 6.92 Å². The van der Waals surface area contributed by atoms with Gasteiger partial charge in [-0.25, -0.2) is 0 Å². The molecule has 3 rings (SSSR count). The highest BCUT2D eigenvalue weighted by Gasteiger charge is 2.26. The molecule has 0 heterocycles. The Morgan fingerprint density at radius 3 is 1.71 bits per heavy atom. The molecule has 0 aliphatic heterocycles. The van der Waals surface area contributed by atoms with Gasteiger partial charge in [-0.05, 0) is 82.0 Å². The fraction of sp³-hybridized carbons (Fsp3) is 0.565. The molecule has 286 valence electrons. The number of amides is 1. The van der Waals surface area contributed by atoms with Gasteiger partial charge in [0.25, 0.3) is 0 Å². The summed E-state index contributed by atoms with van der Waals surface area (Å²) in [7, 11) is 0. The van der Waals surface area contributed by atoms with Crippen LogP contribution in [0, 0.1) is 6.92 Å². The lowest BCUT2D eigenvalue weighted by molar-refractivity contribution is -0.153. The van der Waals surface area contributed by atoms with Crippen molar-refractivity contribution in [2.45, 2.75) is 156 Å². The first-order valence-corrected chi connectivity index (χ1v) is 20.2. The van der Waals surface area contributed by atoms with E-state index in [-0.39, 0.29) is 18.9 Å². The molecule has 3 aromatic carbocycles. The second-order valence-electron chi connectivity index (χ2n) is 15.2. The molecule has 0 aliphatic rings. The van der Waals surface area contributed by atoms with Crippen molar-refractivity contribution >= 4 is 17.6 Å². The summed E-state index contributed by atoms with van der Waals surface area (Å²) < 4.78 is 17.9. The van der Waals surface area contributed by atoms with Crippen LogP contribution in [0.1, 0.15) is 148 Å². The van der Waals surface area contributed by atoms with Crippen LogP contribution in [0.5, 0.6) is 17.2 Å². The van der Waals surface area contributed by atoms with E-state index >= 15 is 0 Å².